The minimum atomic E-state index is -0.115. The molecule has 2 N–H and O–H groups in total. The average Bonchev–Trinajstić information content (AvgIpc) is 3.06. The lowest BCUT2D eigenvalue weighted by Crippen LogP contribution is -2.44. The first-order chi connectivity index (χ1) is 14.1. The van der Waals surface area contributed by atoms with Crippen LogP contribution in [0, 0.1) is 30.6 Å². The van der Waals surface area contributed by atoms with Crippen molar-refractivity contribution in [3.63, 3.8) is 0 Å². The van der Waals surface area contributed by atoms with Gasteiger partial charge in [0.15, 0.2) is 5.96 Å². The Morgan fingerprint density at radius 3 is 2.45 bits per heavy atom. The zero-order valence-corrected chi connectivity index (χ0v) is 17.0. The van der Waals surface area contributed by atoms with Crippen molar-refractivity contribution in [2.24, 2.45) is 28.7 Å². The number of nitrogens with one attached hydrogen (secondary N) is 2. The van der Waals surface area contributed by atoms with E-state index in [2.05, 4.69) is 59.0 Å². The zero-order chi connectivity index (χ0) is 20.1. The molecule has 0 spiro atoms. The van der Waals surface area contributed by atoms with Crippen molar-refractivity contribution in [2.75, 3.05) is 20.1 Å². The van der Waals surface area contributed by atoms with Gasteiger partial charge in [-0.15, -0.1) is 0 Å². The van der Waals surface area contributed by atoms with Crippen molar-refractivity contribution >= 4 is 17.8 Å². The van der Waals surface area contributed by atoms with E-state index in [1.165, 1.54) is 16.0 Å². The lowest BCUT2D eigenvalue weighted by Gasteiger charge is -2.18. The quantitative estimate of drug-likeness (QED) is 0.347. The largest absolute Gasteiger partial charge is 0.355 e. The number of hydrogen-bond donors (Lipinski definition) is 2. The van der Waals surface area contributed by atoms with Crippen LogP contribution in [-0.2, 0) is 9.59 Å². The second-order valence-corrected chi connectivity index (χ2v) is 8.78. The Balaban J connectivity index is 1.13. The number of likely N-dealkylation sites (tertiary alicyclic amines) is 1. The fourth-order valence-electron chi connectivity index (χ4n) is 5.54. The molecule has 29 heavy (non-hydrogen) atoms. The number of imide groups is 1. The van der Waals surface area contributed by atoms with Gasteiger partial charge in [0.1, 0.15) is 0 Å². The van der Waals surface area contributed by atoms with E-state index in [1.807, 2.05) is 0 Å². The summed E-state index contributed by atoms with van der Waals surface area (Å²) >= 11 is 0. The van der Waals surface area contributed by atoms with Gasteiger partial charge < -0.3 is 10.6 Å². The third-order valence-corrected chi connectivity index (χ3v) is 7.11. The Morgan fingerprint density at radius 1 is 1.10 bits per heavy atom. The predicted octanol–water partition coefficient (Wildman–Crippen LogP) is 1.82. The van der Waals surface area contributed by atoms with Gasteiger partial charge in [-0.2, -0.15) is 0 Å². The second kappa shape index (κ2) is 7.01. The summed E-state index contributed by atoms with van der Waals surface area (Å²) in [7, 11) is 1.75. The van der Waals surface area contributed by atoms with Crippen molar-refractivity contribution in [1.82, 2.24) is 15.5 Å². The number of benzene rings is 1. The number of aryl methyl sites for hydroxylation is 1. The van der Waals surface area contributed by atoms with Gasteiger partial charge in [0, 0.05) is 32.1 Å². The standard InChI is InChI=1S/C23H28N4O2/c1-13-5-3-4-6-16(13)17-12-18(17)26-23(24-2)25-9-10-27-21(28)19-14-7-8-15(11-14)20(19)22(27)29/h3-8,14-15,17-20H,9-12H2,1-2H3,(H2,24,25,26). The molecular weight excluding hydrogens is 364 g/mol. The summed E-state index contributed by atoms with van der Waals surface area (Å²) < 4.78 is 0. The van der Waals surface area contributed by atoms with E-state index in [0.29, 0.717) is 25.0 Å². The minimum absolute atomic E-state index is 0.0170. The molecule has 152 valence electrons. The van der Waals surface area contributed by atoms with Gasteiger partial charge in [-0.25, -0.2) is 0 Å². The molecule has 3 fully saturated rings. The summed E-state index contributed by atoms with van der Waals surface area (Å²) in [5, 5.41) is 6.75. The maximum Gasteiger partial charge on any atom is 0.233 e. The molecule has 1 heterocycles. The molecule has 3 aliphatic carbocycles. The van der Waals surface area contributed by atoms with Crippen LogP contribution in [0.5, 0.6) is 0 Å². The summed E-state index contributed by atoms with van der Waals surface area (Å²) in [6, 6.07) is 8.88. The normalized spacial score (nSPS) is 34.7. The van der Waals surface area contributed by atoms with E-state index in [4.69, 9.17) is 0 Å². The molecule has 1 aromatic carbocycles. The third kappa shape index (κ3) is 3.05. The van der Waals surface area contributed by atoms with Crippen LogP contribution in [0.3, 0.4) is 0 Å². The first-order valence-electron chi connectivity index (χ1n) is 10.6. The van der Waals surface area contributed by atoms with Crippen LogP contribution >= 0.6 is 0 Å². The Bertz CT molecular complexity index is 878. The lowest BCUT2D eigenvalue weighted by molar-refractivity contribution is -0.140. The second-order valence-electron chi connectivity index (χ2n) is 8.78. The molecule has 2 bridgehead atoms. The first-order valence-corrected chi connectivity index (χ1v) is 10.6. The molecule has 0 aromatic heterocycles. The average molecular weight is 393 g/mol. The fourth-order valence-corrected chi connectivity index (χ4v) is 5.54. The number of aliphatic imine (C=N–C) groups is 1. The summed E-state index contributed by atoms with van der Waals surface area (Å²) in [4.78, 5) is 31.3. The molecule has 5 rings (SSSR count). The first kappa shape index (κ1) is 18.4. The van der Waals surface area contributed by atoms with Crippen LogP contribution in [0.2, 0.25) is 0 Å². The van der Waals surface area contributed by atoms with Crippen molar-refractivity contribution in [1.29, 1.82) is 0 Å². The number of guanidine groups is 1. The topological polar surface area (TPSA) is 73.8 Å². The van der Waals surface area contributed by atoms with Gasteiger partial charge in [-0.1, -0.05) is 36.4 Å². The van der Waals surface area contributed by atoms with E-state index >= 15 is 0 Å². The van der Waals surface area contributed by atoms with E-state index in [0.717, 1.165) is 18.8 Å². The van der Waals surface area contributed by atoms with Crippen molar-refractivity contribution < 1.29 is 9.59 Å². The van der Waals surface area contributed by atoms with Crippen LogP contribution in [0.25, 0.3) is 0 Å². The monoisotopic (exact) mass is 392 g/mol. The van der Waals surface area contributed by atoms with E-state index in [9.17, 15) is 9.59 Å². The fraction of sp³-hybridized carbons (Fsp3) is 0.522. The predicted molar refractivity (Wildman–Crippen MR) is 111 cm³/mol. The van der Waals surface area contributed by atoms with Crippen LogP contribution < -0.4 is 10.6 Å². The van der Waals surface area contributed by atoms with E-state index < -0.39 is 0 Å². The Labute approximate surface area is 171 Å². The molecule has 1 aromatic rings. The summed E-state index contributed by atoms with van der Waals surface area (Å²) in [5.41, 5.74) is 2.72. The number of hydrogen-bond acceptors (Lipinski definition) is 3. The molecule has 6 nitrogen and oxygen atoms in total. The van der Waals surface area contributed by atoms with Gasteiger partial charge >= 0.3 is 0 Å². The summed E-state index contributed by atoms with van der Waals surface area (Å²) in [6.45, 7) is 3.07. The van der Waals surface area contributed by atoms with Crippen molar-refractivity contribution in [3.8, 4) is 0 Å². The van der Waals surface area contributed by atoms with Gasteiger partial charge in [0.05, 0.1) is 11.8 Å². The van der Waals surface area contributed by atoms with Crippen LogP contribution in [0.1, 0.15) is 29.9 Å². The highest BCUT2D eigenvalue weighted by atomic mass is 16.2. The number of allylic oxidation sites excluding steroid dienone is 2. The van der Waals surface area contributed by atoms with Crippen molar-refractivity contribution in [2.45, 2.75) is 31.7 Å². The molecule has 2 amide bonds. The molecular formula is C23H28N4O2. The van der Waals surface area contributed by atoms with Gasteiger partial charge in [-0.05, 0) is 42.7 Å². The maximum atomic E-state index is 12.7. The smallest absolute Gasteiger partial charge is 0.233 e. The van der Waals surface area contributed by atoms with Gasteiger partial charge in [0.2, 0.25) is 11.8 Å². The zero-order valence-electron chi connectivity index (χ0n) is 17.0. The van der Waals surface area contributed by atoms with Crippen LogP contribution in [0.15, 0.2) is 41.4 Å². The summed E-state index contributed by atoms with van der Waals surface area (Å²) in [6.07, 6.45) is 6.32. The van der Waals surface area contributed by atoms with E-state index in [-0.39, 0.29) is 35.5 Å². The maximum absolute atomic E-state index is 12.7. The minimum Gasteiger partial charge on any atom is -0.355 e. The Hall–Kier alpha value is -2.63. The Kier molecular flexibility index (Phi) is 4.45. The number of fused-ring (bicyclic) bond motifs is 5. The number of rotatable bonds is 5. The SMILES string of the molecule is CN=C(NCCN1C(=O)C2C3C=CC(C3)C2C1=O)NC1CC1c1ccccc1C. The van der Waals surface area contributed by atoms with Crippen LogP contribution in [-0.4, -0.2) is 48.9 Å². The lowest BCUT2D eigenvalue weighted by atomic mass is 9.85. The Morgan fingerprint density at radius 2 is 1.79 bits per heavy atom. The highest BCUT2D eigenvalue weighted by molar-refractivity contribution is 6.06. The molecule has 2 saturated carbocycles. The molecule has 6 heteroatoms. The number of carbonyl (C=O) groups is 2. The molecule has 1 saturated heterocycles. The number of nitrogens with zero attached hydrogens (tertiary/aromatic N) is 2. The van der Waals surface area contributed by atoms with Gasteiger partial charge in [-0.3, -0.25) is 19.5 Å². The highest BCUT2D eigenvalue weighted by Gasteiger charge is 2.58. The molecule has 1 aliphatic heterocycles. The number of carbonyl (C=O) groups excluding carboxylic acids is 2. The van der Waals surface area contributed by atoms with Gasteiger partial charge in [0.25, 0.3) is 0 Å². The van der Waals surface area contributed by atoms with E-state index in [1.54, 1.807) is 7.05 Å². The molecule has 4 aliphatic rings. The molecule has 0 radical (unpaired) electrons. The third-order valence-electron chi connectivity index (χ3n) is 7.11. The summed E-state index contributed by atoms with van der Waals surface area (Å²) in [5.74, 6) is 1.58. The number of amides is 2. The van der Waals surface area contributed by atoms with Crippen molar-refractivity contribution in [3.05, 3.63) is 47.5 Å². The van der Waals surface area contributed by atoms with Crippen LogP contribution in [0.4, 0.5) is 0 Å². The molecule has 6 atom stereocenters. The molecule has 6 unspecified atom stereocenters. The highest BCUT2D eigenvalue weighted by Crippen LogP contribution is 2.52.